The molecule has 0 bridgehead atoms. The van der Waals surface area contributed by atoms with E-state index >= 15 is 0 Å². The number of para-hydroxylation sites is 1. The molecule has 1 aromatic carbocycles. The standard InChI is InChI=1S/C12H10ClN5O3/c1-7-6-10(15-12(13)14-7)16-17-11(19)8-4-2-3-5-9(8)18(20)21/h2-6H,1H3,(H,17,19)(H,14,15,16). The van der Waals surface area contributed by atoms with Crippen molar-refractivity contribution in [3.05, 3.63) is 57.0 Å². The first-order valence-electron chi connectivity index (χ1n) is 5.78. The second-order valence-corrected chi connectivity index (χ2v) is 4.36. The van der Waals surface area contributed by atoms with E-state index in [1.165, 1.54) is 24.3 Å². The van der Waals surface area contributed by atoms with E-state index in [1.807, 2.05) is 0 Å². The highest BCUT2D eigenvalue weighted by atomic mass is 35.5. The van der Waals surface area contributed by atoms with Crippen molar-refractivity contribution >= 4 is 29.0 Å². The van der Waals surface area contributed by atoms with Crippen molar-refractivity contribution in [2.24, 2.45) is 0 Å². The lowest BCUT2D eigenvalue weighted by molar-refractivity contribution is -0.385. The number of hydrazine groups is 1. The van der Waals surface area contributed by atoms with Crippen molar-refractivity contribution < 1.29 is 9.72 Å². The van der Waals surface area contributed by atoms with Gasteiger partial charge in [0.25, 0.3) is 11.6 Å². The molecule has 2 rings (SSSR count). The van der Waals surface area contributed by atoms with Gasteiger partial charge in [-0.05, 0) is 24.6 Å². The molecule has 0 atom stereocenters. The van der Waals surface area contributed by atoms with Crippen LogP contribution in [0, 0.1) is 17.0 Å². The maximum atomic E-state index is 12.0. The molecule has 1 aromatic heterocycles. The third-order valence-electron chi connectivity index (χ3n) is 2.48. The van der Waals surface area contributed by atoms with Crippen molar-refractivity contribution in [2.75, 3.05) is 5.43 Å². The first-order valence-corrected chi connectivity index (χ1v) is 6.16. The highest BCUT2D eigenvalue weighted by Crippen LogP contribution is 2.17. The number of hydrogen-bond donors (Lipinski definition) is 2. The van der Waals surface area contributed by atoms with Crippen LogP contribution < -0.4 is 10.9 Å². The zero-order valence-electron chi connectivity index (χ0n) is 10.8. The van der Waals surface area contributed by atoms with Gasteiger partial charge >= 0.3 is 0 Å². The van der Waals surface area contributed by atoms with Gasteiger partial charge in [-0.15, -0.1) is 0 Å². The summed E-state index contributed by atoms with van der Waals surface area (Å²) in [5, 5.41) is 10.9. The molecule has 0 spiro atoms. The summed E-state index contributed by atoms with van der Waals surface area (Å²) >= 11 is 5.68. The molecule has 0 unspecified atom stereocenters. The van der Waals surface area contributed by atoms with Gasteiger partial charge in [0.05, 0.1) is 4.92 Å². The van der Waals surface area contributed by atoms with Gasteiger partial charge in [0.2, 0.25) is 5.28 Å². The number of amides is 1. The Kier molecular flexibility index (Phi) is 4.29. The van der Waals surface area contributed by atoms with Crippen LogP contribution in [0.15, 0.2) is 30.3 Å². The van der Waals surface area contributed by atoms with E-state index in [1.54, 1.807) is 13.0 Å². The first-order chi connectivity index (χ1) is 9.97. The molecule has 8 nitrogen and oxygen atoms in total. The monoisotopic (exact) mass is 307 g/mol. The molecule has 2 N–H and O–H groups in total. The van der Waals surface area contributed by atoms with Crippen LogP contribution in [-0.4, -0.2) is 20.8 Å². The van der Waals surface area contributed by atoms with Gasteiger partial charge in [0.1, 0.15) is 11.4 Å². The highest BCUT2D eigenvalue weighted by molar-refractivity contribution is 6.28. The summed E-state index contributed by atoms with van der Waals surface area (Å²) in [5.41, 5.74) is 5.12. The van der Waals surface area contributed by atoms with Crippen molar-refractivity contribution in [3.63, 3.8) is 0 Å². The Morgan fingerprint density at radius 1 is 1.33 bits per heavy atom. The maximum absolute atomic E-state index is 12.0. The topological polar surface area (TPSA) is 110 Å². The van der Waals surface area contributed by atoms with Crippen LogP contribution in [0.1, 0.15) is 16.1 Å². The number of rotatable bonds is 4. The van der Waals surface area contributed by atoms with E-state index < -0.39 is 10.8 Å². The van der Waals surface area contributed by atoms with E-state index in [-0.39, 0.29) is 22.4 Å². The highest BCUT2D eigenvalue weighted by Gasteiger charge is 2.18. The first kappa shape index (κ1) is 14.7. The minimum atomic E-state index is -0.658. The third kappa shape index (κ3) is 3.63. The molecular formula is C12H10ClN5O3. The number of halogens is 1. The number of hydrogen-bond acceptors (Lipinski definition) is 6. The van der Waals surface area contributed by atoms with Crippen LogP contribution in [0.3, 0.4) is 0 Å². The Morgan fingerprint density at radius 2 is 2.05 bits per heavy atom. The van der Waals surface area contributed by atoms with Crippen LogP contribution in [0.25, 0.3) is 0 Å². The number of anilines is 1. The van der Waals surface area contributed by atoms with Crippen LogP contribution >= 0.6 is 11.6 Å². The lowest BCUT2D eigenvalue weighted by Crippen LogP contribution is -2.30. The fourth-order valence-electron chi connectivity index (χ4n) is 1.61. The average Bonchev–Trinajstić information content (AvgIpc) is 2.43. The fourth-order valence-corrected chi connectivity index (χ4v) is 1.83. The summed E-state index contributed by atoms with van der Waals surface area (Å²) in [7, 11) is 0. The quantitative estimate of drug-likeness (QED) is 0.508. The molecule has 2 aromatic rings. The van der Waals surface area contributed by atoms with Crippen molar-refractivity contribution in [1.82, 2.24) is 15.4 Å². The minimum Gasteiger partial charge on any atom is -0.281 e. The van der Waals surface area contributed by atoms with Crippen LogP contribution in [-0.2, 0) is 0 Å². The Bertz CT molecular complexity index is 687. The number of benzene rings is 1. The van der Waals surface area contributed by atoms with Crippen LogP contribution in [0.2, 0.25) is 5.28 Å². The molecule has 0 aliphatic rings. The second-order valence-electron chi connectivity index (χ2n) is 4.02. The molecule has 21 heavy (non-hydrogen) atoms. The SMILES string of the molecule is Cc1cc(NNC(=O)c2ccccc2[N+](=O)[O-])nc(Cl)n1. The molecule has 0 radical (unpaired) electrons. The Labute approximate surface area is 124 Å². The largest absolute Gasteiger partial charge is 0.282 e. The molecule has 1 heterocycles. The van der Waals surface area contributed by atoms with Crippen LogP contribution in [0.4, 0.5) is 11.5 Å². The van der Waals surface area contributed by atoms with E-state index in [2.05, 4.69) is 20.8 Å². The fraction of sp³-hybridized carbons (Fsp3) is 0.0833. The Balaban J connectivity index is 2.14. The number of carbonyl (C=O) groups excluding carboxylic acids is 1. The molecule has 0 saturated heterocycles. The van der Waals surface area contributed by atoms with Gasteiger partial charge in [-0.1, -0.05) is 12.1 Å². The summed E-state index contributed by atoms with van der Waals surface area (Å²) < 4.78 is 0. The van der Waals surface area contributed by atoms with E-state index in [0.717, 1.165) is 0 Å². The lowest BCUT2D eigenvalue weighted by atomic mass is 10.2. The molecule has 1 amide bonds. The van der Waals surface area contributed by atoms with Gasteiger partial charge < -0.3 is 0 Å². The van der Waals surface area contributed by atoms with Gasteiger partial charge in [-0.25, -0.2) is 4.98 Å². The number of nitrogens with one attached hydrogen (secondary N) is 2. The number of aromatic nitrogens is 2. The summed E-state index contributed by atoms with van der Waals surface area (Å²) in [6.45, 7) is 1.71. The van der Waals surface area contributed by atoms with Gasteiger partial charge in [-0.2, -0.15) is 4.98 Å². The predicted molar refractivity (Wildman–Crippen MR) is 76.0 cm³/mol. The molecule has 108 valence electrons. The van der Waals surface area contributed by atoms with Gasteiger partial charge in [-0.3, -0.25) is 25.8 Å². The molecular weight excluding hydrogens is 298 g/mol. The van der Waals surface area contributed by atoms with Gasteiger partial charge in [0.15, 0.2) is 0 Å². The number of nitrogens with zero attached hydrogens (tertiary/aromatic N) is 3. The molecule has 0 aliphatic carbocycles. The summed E-state index contributed by atoms with van der Waals surface area (Å²) in [6.07, 6.45) is 0. The Hall–Kier alpha value is -2.74. The zero-order chi connectivity index (χ0) is 15.4. The van der Waals surface area contributed by atoms with Crippen molar-refractivity contribution in [3.8, 4) is 0 Å². The van der Waals surface area contributed by atoms with E-state index in [9.17, 15) is 14.9 Å². The second kappa shape index (κ2) is 6.14. The number of nitro benzene ring substituents is 1. The average molecular weight is 308 g/mol. The maximum Gasteiger partial charge on any atom is 0.282 e. The smallest absolute Gasteiger partial charge is 0.281 e. The summed E-state index contributed by atoms with van der Waals surface area (Å²) in [5.74, 6) is -0.380. The summed E-state index contributed by atoms with van der Waals surface area (Å²) in [4.78, 5) is 29.9. The molecule has 0 saturated carbocycles. The number of nitro groups is 1. The molecule has 0 fully saturated rings. The van der Waals surface area contributed by atoms with E-state index in [4.69, 9.17) is 11.6 Å². The Morgan fingerprint density at radius 3 is 2.71 bits per heavy atom. The van der Waals surface area contributed by atoms with Gasteiger partial charge in [0, 0.05) is 17.8 Å². The zero-order valence-corrected chi connectivity index (χ0v) is 11.6. The predicted octanol–water partition coefficient (Wildman–Crippen LogP) is 2.10. The lowest BCUT2D eigenvalue weighted by Gasteiger charge is -2.08. The minimum absolute atomic E-state index is 0.0254. The van der Waals surface area contributed by atoms with Crippen LogP contribution in [0.5, 0.6) is 0 Å². The van der Waals surface area contributed by atoms with Crippen molar-refractivity contribution in [1.29, 1.82) is 0 Å². The third-order valence-corrected chi connectivity index (χ3v) is 2.65. The number of carbonyl (C=O) groups is 1. The van der Waals surface area contributed by atoms with Crippen molar-refractivity contribution in [2.45, 2.75) is 6.92 Å². The molecule has 9 heteroatoms. The normalized spacial score (nSPS) is 10.0. The molecule has 0 aliphatic heterocycles. The number of aryl methyl sites for hydroxylation is 1. The summed E-state index contributed by atoms with van der Waals surface area (Å²) in [6, 6.07) is 7.18. The van der Waals surface area contributed by atoms with E-state index in [0.29, 0.717) is 5.69 Å².